The summed E-state index contributed by atoms with van der Waals surface area (Å²) >= 11 is 13.0. The average molecular weight is 655 g/mol. The lowest BCUT2D eigenvalue weighted by molar-refractivity contribution is -0.147. The predicted octanol–water partition coefficient (Wildman–Crippen LogP) is 5.01. The fourth-order valence-corrected chi connectivity index (χ4v) is 7.94. The van der Waals surface area contributed by atoms with E-state index in [1.807, 2.05) is 13.0 Å². The summed E-state index contributed by atoms with van der Waals surface area (Å²) in [6, 6.07) is 17.1. The van der Waals surface area contributed by atoms with Crippen LogP contribution in [0, 0.1) is 5.92 Å². The fourth-order valence-electron chi connectivity index (χ4n) is 7.63. The lowest BCUT2D eigenvalue weighted by atomic mass is 9.51. The minimum Gasteiger partial charge on any atom is -0.493 e. The van der Waals surface area contributed by atoms with Gasteiger partial charge >= 0.3 is 0 Å². The number of methoxy groups -OCH3 is 3. The van der Waals surface area contributed by atoms with Gasteiger partial charge in [0.05, 0.1) is 43.5 Å². The van der Waals surface area contributed by atoms with Crippen molar-refractivity contribution < 1.29 is 28.6 Å². The zero-order valence-corrected chi connectivity index (χ0v) is 27.2. The number of carbonyl (C=O) groups excluding carboxylic acids is 3. The molecule has 3 N–H and O–H groups in total. The first-order valence-corrected chi connectivity index (χ1v) is 15.5. The minimum atomic E-state index is -1.82. The predicted molar refractivity (Wildman–Crippen MR) is 173 cm³/mol. The van der Waals surface area contributed by atoms with Gasteiger partial charge in [0, 0.05) is 18.0 Å². The van der Waals surface area contributed by atoms with Crippen molar-refractivity contribution in [2.24, 2.45) is 11.7 Å². The quantitative estimate of drug-likeness (QED) is 0.312. The van der Waals surface area contributed by atoms with Gasteiger partial charge in [-0.2, -0.15) is 0 Å². The van der Waals surface area contributed by atoms with Crippen LogP contribution in [0.2, 0.25) is 10.0 Å². The highest BCUT2D eigenvalue weighted by molar-refractivity contribution is 6.42. The van der Waals surface area contributed by atoms with Crippen molar-refractivity contribution in [1.82, 2.24) is 10.2 Å². The van der Waals surface area contributed by atoms with Crippen molar-refractivity contribution in [3.8, 4) is 17.2 Å². The molecule has 0 saturated carbocycles. The van der Waals surface area contributed by atoms with Crippen LogP contribution in [0.15, 0.2) is 60.7 Å². The molecule has 0 radical (unpaired) electrons. The third-order valence-corrected chi connectivity index (χ3v) is 10.3. The summed E-state index contributed by atoms with van der Waals surface area (Å²) in [6.45, 7) is 2.89. The van der Waals surface area contributed by atoms with Crippen molar-refractivity contribution in [1.29, 1.82) is 0 Å². The van der Waals surface area contributed by atoms with Gasteiger partial charge in [-0.3, -0.25) is 14.4 Å². The highest BCUT2D eigenvalue weighted by Gasteiger charge is 2.68. The van der Waals surface area contributed by atoms with Gasteiger partial charge in [-0.15, -0.1) is 0 Å². The molecule has 45 heavy (non-hydrogen) atoms. The zero-order valence-electron chi connectivity index (χ0n) is 25.7. The van der Waals surface area contributed by atoms with Crippen LogP contribution in [0.25, 0.3) is 0 Å². The number of primary amides is 1. The molecule has 2 amide bonds. The van der Waals surface area contributed by atoms with Gasteiger partial charge in [0.1, 0.15) is 5.41 Å². The molecular formula is C34H37Cl2N3O6. The van der Waals surface area contributed by atoms with Crippen molar-refractivity contribution in [2.45, 2.75) is 36.6 Å². The van der Waals surface area contributed by atoms with Crippen molar-refractivity contribution in [3.63, 3.8) is 0 Å². The molecule has 2 aliphatic heterocycles. The van der Waals surface area contributed by atoms with Crippen LogP contribution in [0.1, 0.15) is 47.2 Å². The molecular weight excluding hydrogens is 617 g/mol. The maximum atomic E-state index is 14.9. The molecule has 5 rings (SSSR count). The van der Waals surface area contributed by atoms with E-state index in [1.165, 1.54) is 21.3 Å². The van der Waals surface area contributed by atoms with Gasteiger partial charge in [-0.05, 0) is 60.7 Å². The van der Waals surface area contributed by atoms with E-state index >= 15 is 0 Å². The standard InChI is InChI=1S/C34H37Cl2N3O6/c1-5-33(23-13-14-38-18-23)30(20-11-12-24(35)25(36)15-20)34(32(37)42,22-9-7-6-8-10-22)28(40)19-39(33)31(41)21-16-26(43-2)29(45-4)27(17-21)44-3/h6-12,15-17,23,30,38H,5,13-14,18-19H2,1-4H3,(H2,37,42). The summed E-state index contributed by atoms with van der Waals surface area (Å²) < 4.78 is 16.6. The summed E-state index contributed by atoms with van der Waals surface area (Å²) in [5.74, 6) is -1.86. The van der Waals surface area contributed by atoms with Gasteiger partial charge in [0.2, 0.25) is 11.7 Å². The van der Waals surface area contributed by atoms with Crippen LogP contribution >= 0.6 is 23.2 Å². The number of piperidine rings is 1. The molecule has 2 saturated heterocycles. The number of nitrogens with two attached hydrogens (primary N) is 1. The largest absolute Gasteiger partial charge is 0.493 e. The number of nitrogens with one attached hydrogen (secondary N) is 1. The van der Waals surface area contributed by atoms with E-state index < -0.39 is 34.5 Å². The van der Waals surface area contributed by atoms with E-state index in [1.54, 1.807) is 59.5 Å². The number of halogens is 2. The highest BCUT2D eigenvalue weighted by atomic mass is 35.5. The number of rotatable bonds is 9. The molecule has 0 spiro atoms. The number of amides is 2. The van der Waals surface area contributed by atoms with E-state index in [4.69, 9.17) is 43.1 Å². The molecule has 0 aromatic heterocycles. The Morgan fingerprint density at radius 2 is 1.64 bits per heavy atom. The zero-order chi connectivity index (χ0) is 32.5. The second kappa shape index (κ2) is 12.9. The van der Waals surface area contributed by atoms with E-state index in [-0.39, 0.29) is 23.0 Å². The Morgan fingerprint density at radius 3 is 2.16 bits per heavy atom. The number of ketones is 1. The van der Waals surface area contributed by atoms with Crippen LogP contribution in [0.3, 0.4) is 0 Å². The number of ether oxygens (including phenoxy) is 3. The number of Topliss-reactive ketones (excluding diaryl/α,β-unsaturated/α-hetero) is 1. The molecule has 3 aromatic rings. The molecule has 4 atom stereocenters. The summed E-state index contributed by atoms with van der Waals surface area (Å²) in [4.78, 5) is 45.3. The topological polar surface area (TPSA) is 120 Å². The second-order valence-corrected chi connectivity index (χ2v) is 12.2. The molecule has 238 valence electrons. The molecule has 11 heteroatoms. The summed E-state index contributed by atoms with van der Waals surface area (Å²) in [5.41, 5.74) is 4.72. The maximum Gasteiger partial charge on any atom is 0.255 e. The molecule has 2 aliphatic rings. The molecule has 0 aliphatic carbocycles. The number of carbonyl (C=O) groups is 3. The molecule has 3 aromatic carbocycles. The lowest BCUT2D eigenvalue weighted by Crippen LogP contribution is -2.74. The van der Waals surface area contributed by atoms with Crippen molar-refractivity contribution >= 4 is 40.8 Å². The summed E-state index contributed by atoms with van der Waals surface area (Å²) in [6.07, 6.45) is 1.10. The minimum absolute atomic E-state index is 0.163. The van der Waals surface area contributed by atoms with E-state index in [9.17, 15) is 14.4 Å². The Labute approximate surface area is 272 Å². The molecule has 2 fully saturated rings. The van der Waals surface area contributed by atoms with Crippen molar-refractivity contribution in [2.75, 3.05) is 41.0 Å². The van der Waals surface area contributed by atoms with E-state index in [0.29, 0.717) is 59.3 Å². The van der Waals surface area contributed by atoms with Gasteiger partial charge in [0.25, 0.3) is 5.91 Å². The van der Waals surface area contributed by atoms with Crippen LogP contribution in [-0.2, 0) is 15.0 Å². The first kappa shape index (κ1) is 32.6. The number of nitrogens with zero attached hydrogens (tertiary/aromatic N) is 1. The van der Waals surface area contributed by atoms with Gasteiger partial charge in [-0.1, -0.05) is 66.5 Å². The summed E-state index contributed by atoms with van der Waals surface area (Å²) in [5, 5.41) is 4.02. The van der Waals surface area contributed by atoms with Crippen molar-refractivity contribution in [3.05, 3.63) is 87.4 Å². The van der Waals surface area contributed by atoms with Crippen LogP contribution < -0.4 is 25.3 Å². The fraction of sp³-hybridized carbons (Fsp3) is 0.382. The van der Waals surface area contributed by atoms with Gasteiger partial charge < -0.3 is 30.2 Å². The third-order valence-electron chi connectivity index (χ3n) is 9.56. The highest BCUT2D eigenvalue weighted by Crippen LogP contribution is 2.58. The monoisotopic (exact) mass is 653 g/mol. The smallest absolute Gasteiger partial charge is 0.255 e. The number of benzene rings is 3. The Bertz CT molecular complexity index is 1590. The van der Waals surface area contributed by atoms with Gasteiger partial charge in [0.15, 0.2) is 17.3 Å². The number of likely N-dealkylation sites (tertiary alicyclic amines) is 1. The molecule has 0 bridgehead atoms. The maximum absolute atomic E-state index is 14.9. The molecule has 4 unspecified atom stereocenters. The Balaban J connectivity index is 1.85. The normalized spacial score (nSPS) is 24.8. The lowest BCUT2D eigenvalue weighted by Gasteiger charge is -2.60. The third kappa shape index (κ3) is 5.11. The first-order chi connectivity index (χ1) is 21.6. The number of hydrogen-bond donors (Lipinski definition) is 2. The molecule has 9 nitrogen and oxygen atoms in total. The van der Waals surface area contributed by atoms with E-state index in [2.05, 4.69) is 5.32 Å². The summed E-state index contributed by atoms with van der Waals surface area (Å²) in [7, 11) is 4.42. The van der Waals surface area contributed by atoms with Crippen LogP contribution in [-0.4, -0.2) is 69.0 Å². The SMILES string of the molecule is CCC1(C2CCNC2)C(c2ccc(Cl)c(Cl)c2)C(C(N)=O)(c2ccccc2)C(=O)CN1C(=O)c1cc(OC)c(OC)c(OC)c1. The van der Waals surface area contributed by atoms with Gasteiger partial charge in [-0.25, -0.2) is 0 Å². The average Bonchev–Trinajstić information content (AvgIpc) is 3.60. The number of hydrogen-bond acceptors (Lipinski definition) is 7. The Hall–Kier alpha value is -3.79. The Morgan fingerprint density at radius 1 is 0.978 bits per heavy atom. The molecule has 2 heterocycles. The van der Waals surface area contributed by atoms with Crippen LogP contribution in [0.5, 0.6) is 17.2 Å². The second-order valence-electron chi connectivity index (χ2n) is 11.4. The Kier molecular flexibility index (Phi) is 9.35. The van der Waals surface area contributed by atoms with E-state index in [0.717, 1.165) is 0 Å². The first-order valence-electron chi connectivity index (χ1n) is 14.8. The van der Waals surface area contributed by atoms with Crippen LogP contribution in [0.4, 0.5) is 0 Å².